The molecule has 4 nitrogen and oxygen atoms in total. The zero-order valence-electron chi connectivity index (χ0n) is 13.3. The third kappa shape index (κ3) is 2.51. The number of amides is 1. The van der Waals surface area contributed by atoms with E-state index >= 15 is 0 Å². The smallest absolute Gasteiger partial charge is 0.247 e. The number of benzene rings is 1. The lowest BCUT2D eigenvalue weighted by molar-refractivity contribution is -0.128. The lowest BCUT2D eigenvalue weighted by Crippen LogP contribution is -2.21. The van der Waals surface area contributed by atoms with Gasteiger partial charge >= 0.3 is 0 Å². The van der Waals surface area contributed by atoms with Crippen molar-refractivity contribution in [1.29, 1.82) is 0 Å². The van der Waals surface area contributed by atoms with E-state index in [4.69, 9.17) is 5.21 Å². The van der Waals surface area contributed by atoms with E-state index in [9.17, 15) is 4.79 Å². The molecule has 0 bridgehead atoms. The standard InChI is InChI=1S/C17H22N2O2/c1-6-14-17-12(5)10(3)9(2)11(4)16(17)13(8-18-14)7-15(20)19-21/h8,21H,6-7H2,1-5H3,(H,19,20). The number of hydrogen-bond acceptors (Lipinski definition) is 3. The molecule has 1 amide bonds. The molecule has 0 unspecified atom stereocenters. The molecule has 0 atom stereocenters. The zero-order valence-corrected chi connectivity index (χ0v) is 13.3. The molecule has 1 aromatic heterocycles. The van der Waals surface area contributed by atoms with Crippen molar-refractivity contribution in [3.63, 3.8) is 0 Å². The Balaban J connectivity index is 2.88. The normalized spacial score (nSPS) is 11.0. The summed E-state index contributed by atoms with van der Waals surface area (Å²) in [6.45, 7) is 10.5. The molecule has 0 saturated carbocycles. The minimum absolute atomic E-state index is 0.132. The topological polar surface area (TPSA) is 62.2 Å². The van der Waals surface area contributed by atoms with Gasteiger partial charge in [-0.2, -0.15) is 0 Å². The van der Waals surface area contributed by atoms with Crippen molar-refractivity contribution in [3.8, 4) is 0 Å². The molecule has 0 saturated heterocycles. The van der Waals surface area contributed by atoms with Crippen LogP contribution in [-0.4, -0.2) is 16.1 Å². The van der Waals surface area contributed by atoms with Crippen LogP contribution in [0.3, 0.4) is 0 Å². The van der Waals surface area contributed by atoms with Gasteiger partial charge in [0.25, 0.3) is 0 Å². The monoisotopic (exact) mass is 286 g/mol. The van der Waals surface area contributed by atoms with E-state index in [1.54, 1.807) is 11.7 Å². The Kier molecular flexibility index (Phi) is 4.28. The summed E-state index contributed by atoms with van der Waals surface area (Å²) in [7, 11) is 0. The van der Waals surface area contributed by atoms with E-state index in [1.165, 1.54) is 22.3 Å². The van der Waals surface area contributed by atoms with E-state index in [0.29, 0.717) is 0 Å². The molecule has 21 heavy (non-hydrogen) atoms. The molecular formula is C17H22N2O2. The summed E-state index contributed by atoms with van der Waals surface area (Å²) < 4.78 is 0. The van der Waals surface area contributed by atoms with Gasteiger partial charge in [-0.05, 0) is 67.3 Å². The minimum Gasteiger partial charge on any atom is -0.289 e. The number of hydroxylamine groups is 1. The van der Waals surface area contributed by atoms with Crippen LogP contribution >= 0.6 is 0 Å². The Morgan fingerprint density at radius 3 is 2.19 bits per heavy atom. The number of aromatic nitrogens is 1. The van der Waals surface area contributed by atoms with Crippen LogP contribution in [0.1, 0.15) is 40.4 Å². The van der Waals surface area contributed by atoms with Crippen LogP contribution in [0.2, 0.25) is 0 Å². The second-order valence-corrected chi connectivity index (χ2v) is 5.55. The average molecular weight is 286 g/mol. The van der Waals surface area contributed by atoms with Gasteiger partial charge in [-0.15, -0.1) is 0 Å². The molecule has 2 rings (SSSR count). The largest absolute Gasteiger partial charge is 0.289 e. The van der Waals surface area contributed by atoms with Crippen molar-refractivity contribution in [2.45, 2.75) is 47.5 Å². The fourth-order valence-corrected chi connectivity index (χ4v) is 2.97. The summed E-state index contributed by atoms with van der Waals surface area (Å²) in [5, 5.41) is 11.0. The number of carbonyl (C=O) groups is 1. The summed E-state index contributed by atoms with van der Waals surface area (Å²) >= 11 is 0. The van der Waals surface area contributed by atoms with E-state index in [0.717, 1.165) is 28.5 Å². The first-order chi connectivity index (χ1) is 9.92. The van der Waals surface area contributed by atoms with Gasteiger partial charge in [0.1, 0.15) is 0 Å². The molecule has 1 heterocycles. The van der Waals surface area contributed by atoms with Crippen molar-refractivity contribution in [2.75, 3.05) is 0 Å². The molecule has 0 radical (unpaired) electrons. The summed E-state index contributed by atoms with van der Waals surface area (Å²) in [4.78, 5) is 16.1. The van der Waals surface area contributed by atoms with Crippen molar-refractivity contribution < 1.29 is 10.0 Å². The molecule has 0 spiro atoms. The maximum Gasteiger partial charge on any atom is 0.247 e. The first-order valence-electron chi connectivity index (χ1n) is 7.22. The van der Waals surface area contributed by atoms with Crippen molar-refractivity contribution >= 4 is 16.7 Å². The van der Waals surface area contributed by atoms with E-state index in [2.05, 4.69) is 39.6 Å². The molecule has 1 aromatic carbocycles. The van der Waals surface area contributed by atoms with Gasteiger partial charge in [-0.1, -0.05) is 6.92 Å². The predicted molar refractivity (Wildman–Crippen MR) is 83.7 cm³/mol. The van der Waals surface area contributed by atoms with Crippen LogP contribution in [0.15, 0.2) is 6.20 Å². The van der Waals surface area contributed by atoms with Crippen LogP contribution in [0.5, 0.6) is 0 Å². The summed E-state index contributed by atoms with van der Waals surface area (Å²) in [5.74, 6) is -0.419. The molecular weight excluding hydrogens is 264 g/mol. The quantitative estimate of drug-likeness (QED) is 0.673. The predicted octanol–water partition coefficient (Wildman–Crippen LogP) is 3.08. The minimum atomic E-state index is -0.419. The SMILES string of the molecule is CCc1ncc(CC(=O)NO)c2c(C)c(C)c(C)c(C)c12. The number of aryl methyl sites for hydroxylation is 3. The first kappa shape index (κ1) is 15.4. The Labute approximate surface area is 125 Å². The van der Waals surface area contributed by atoms with Crippen LogP contribution < -0.4 is 5.48 Å². The van der Waals surface area contributed by atoms with Gasteiger partial charge in [0.05, 0.1) is 6.42 Å². The third-order valence-electron chi connectivity index (χ3n) is 4.48. The van der Waals surface area contributed by atoms with Crippen LogP contribution in [0.25, 0.3) is 10.8 Å². The Hall–Kier alpha value is -1.94. The van der Waals surface area contributed by atoms with Crippen molar-refractivity contribution in [1.82, 2.24) is 10.5 Å². The number of nitrogens with one attached hydrogen (secondary N) is 1. The lowest BCUT2D eigenvalue weighted by atomic mass is 9.88. The molecule has 2 N–H and O–H groups in total. The molecule has 0 aliphatic heterocycles. The maximum absolute atomic E-state index is 11.5. The molecule has 0 fully saturated rings. The maximum atomic E-state index is 11.5. The number of nitrogens with zero attached hydrogens (tertiary/aromatic N) is 1. The number of hydrogen-bond donors (Lipinski definition) is 2. The number of rotatable bonds is 3. The van der Waals surface area contributed by atoms with Gasteiger partial charge < -0.3 is 0 Å². The molecule has 0 aliphatic rings. The van der Waals surface area contributed by atoms with E-state index in [1.807, 2.05) is 0 Å². The lowest BCUT2D eigenvalue weighted by Gasteiger charge is -2.18. The Bertz CT molecular complexity index is 721. The Morgan fingerprint density at radius 2 is 1.67 bits per heavy atom. The third-order valence-corrected chi connectivity index (χ3v) is 4.48. The average Bonchev–Trinajstić information content (AvgIpc) is 2.50. The summed E-state index contributed by atoms with van der Waals surface area (Å²) in [5.41, 5.74) is 8.55. The van der Waals surface area contributed by atoms with E-state index < -0.39 is 5.91 Å². The Morgan fingerprint density at radius 1 is 1.10 bits per heavy atom. The van der Waals surface area contributed by atoms with Crippen LogP contribution in [-0.2, 0) is 17.6 Å². The van der Waals surface area contributed by atoms with Crippen LogP contribution in [0.4, 0.5) is 0 Å². The first-order valence-corrected chi connectivity index (χ1v) is 7.22. The highest BCUT2D eigenvalue weighted by atomic mass is 16.5. The number of pyridine rings is 1. The fourth-order valence-electron chi connectivity index (χ4n) is 2.97. The fraction of sp³-hybridized carbons (Fsp3) is 0.412. The molecule has 0 aliphatic carbocycles. The number of carbonyl (C=O) groups excluding carboxylic acids is 1. The van der Waals surface area contributed by atoms with Crippen molar-refractivity contribution in [3.05, 3.63) is 39.7 Å². The second kappa shape index (κ2) is 5.82. The zero-order chi connectivity index (χ0) is 15.7. The van der Waals surface area contributed by atoms with E-state index in [-0.39, 0.29) is 6.42 Å². The highest BCUT2D eigenvalue weighted by Gasteiger charge is 2.17. The van der Waals surface area contributed by atoms with Gasteiger partial charge in [-0.25, -0.2) is 5.48 Å². The van der Waals surface area contributed by atoms with Gasteiger partial charge in [0.2, 0.25) is 5.91 Å². The summed E-state index contributed by atoms with van der Waals surface area (Å²) in [6, 6.07) is 0. The molecule has 112 valence electrons. The second-order valence-electron chi connectivity index (χ2n) is 5.55. The molecule has 4 heteroatoms. The highest BCUT2D eigenvalue weighted by molar-refractivity contribution is 5.96. The van der Waals surface area contributed by atoms with Gasteiger partial charge in [-0.3, -0.25) is 15.0 Å². The summed E-state index contributed by atoms with van der Waals surface area (Å²) in [6.07, 6.45) is 2.75. The molecule has 2 aromatic rings. The van der Waals surface area contributed by atoms with Gasteiger partial charge in [0.15, 0.2) is 0 Å². The van der Waals surface area contributed by atoms with Gasteiger partial charge in [0, 0.05) is 17.3 Å². The highest BCUT2D eigenvalue weighted by Crippen LogP contribution is 2.33. The number of fused-ring (bicyclic) bond motifs is 1. The van der Waals surface area contributed by atoms with Crippen LogP contribution in [0, 0.1) is 27.7 Å². The van der Waals surface area contributed by atoms with Crippen molar-refractivity contribution in [2.24, 2.45) is 0 Å².